The molecule has 0 bridgehead atoms. The largest absolute Gasteiger partial charge is 0.392 e. The molecule has 0 aliphatic carbocycles. The van der Waals surface area contributed by atoms with Crippen molar-refractivity contribution in [2.24, 2.45) is 17.8 Å². The van der Waals surface area contributed by atoms with Crippen LogP contribution < -0.4 is 0 Å². The summed E-state index contributed by atoms with van der Waals surface area (Å²) in [5.41, 5.74) is 0.927. The van der Waals surface area contributed by atoms with Crippen molar-refractivity contribution in [2.75, 3.05) is 0 Å². The minimum atomic E-state index is -0.388. The summed E-state index contributed by atoms with van der Waals surface area (Å²) in [6, 6.07) is 0. The fourth-order valence-electron chi connectivity index (χ4n) is 1.98. The van der Waals surface area contributed by atoms with E-state index in [4.69, 9.17) is 4.74 Å². The van der Waals surface area contributed by atoms with Gasteiger partial charge in [-0.15, -0.1) is 0 Å². The average Bonchev–Trinajstić information content (AvgIpc) is 2.51. The number of rotatable bonds is 3. The van der Waals surface area contributed by atoms with E-state index in [0.29, 0.717) is 0 Å². The van der Waals surface area contributed by atoms with Crippen LogP contribution in [0.3, 0.4) is 0 Å². The van der Waals surface area contributed by atoms with Crippen LogP contribution in [0.1, 0.15) is 34.1 Å². The maximum Gasteiger partial charge on any atom is 0.321 e. The second-order valence-corrected chi connectivity index (χ2v) is 4.16. The number of allylic oxidation sites excluding steroid dienone is 1. The molecule has 0 aromatic heterocycles. The molecule has 1 saturated heterocycles. The van der Waals surface area contributed by atoms with Gasteiger partial charge in [0, 0.05) is 0 Å². The molecule has 0 radical (unpaired) electrons. The molecular formula is C12H18O3. The first-order chi connectivity index (χ1) is 7.02. The first-order valence-electron chi connectivity index (χ1n) is 5.41. The maximum atomic E-state index is 11.5. The molecule has 84 valence electrons. The minimum absolute atomic E-state index is 0.184. The lowest BCUT2D eigenvalue weighted by Crippen LogP contribution is -2.25. The van der Waals surface area contributed by atoms with Gasteiger partial charge in [-0.25, -0.2) is 0 Å². The second kappa shape index (κ2) is 4.60. The predicted octanol–water partition coefficient (Wildman–Crippen LogP) is 2.31. The first kappa shape index (κ1) is 12.0. The number of hydrogen-bond acceptors (Lipinski definition) is 3. The van der Waals surface area contributed by atoms with Crippen molar-refractivity contribution in [1.82, 2.24) is 0 Å². The van der Waals surface area contributed by atoms with Crippen LogP contribution in [-0.4, -0.2) is 11.9 Å². The Balaban J connectivity index is 3.00. The van der Waals surface area contributed by atoms with Crippen molar-refractivity contribution in [3.63, 3.8) is 0 Å². The smallest absolute Gasteiger partial charge is 0.321 e. The van der Waals surface area contributed by atoms with Gasteiger partial charge >= 0.3 is 11.9 Å². The molecule has 0 aromatic carbocycles. The molecule has 3 unspecified atom stereocenters. The zero-order chi connectivity index (χ0) is 11.6. The molecule has 1 rings (SSSR count). The van der Waals surface area contributed by atoms with E-state index in [1.165, 1.54) is 0 Å². The van der Waals surface area contributed by atoms with Crippen LogP contribution in [0, 0.1) is 17.8 Å². The second-order valence-electron chi connectivity index (χ2n) is 4.16. The van der Waals surface area contributed by atoms with Crippen LogP contribution in [0.4, 0.5) is 0 Å². The van der Waals surface area contributed by atoms with E-state index in [-0.39, 0.29) is 29.7 Å². The van der Waals surface area contributed by atoms with Crippen LogP contribution in [0.25, 0.3) is 0 Å². The van der Waals surface area contributed by atoms with Crippen LogP contribution in [0.5, 0.6) is 0 Å². The molecule has 1 fully saturated rings. The standard InChI is InChI=1S/C12H18O3/c1-5-7(3)9-10(8(4)6-2)12(14)15-11(9)13/h5,8-10H,6H2,1-4H3/b7-5-. The number of carbonyl (C=O) groups is 2. The Labute approximate surface area is 90.5 Å². The van der Waals surface area contributed by atoms with E-state index < -0.39 is 0 Å². The highest BCUT2D eigenvalue weighted by Gasteiger charge is 2.46. The third kappa shape index (κ3) is 2.11. The minimum Gasteiger partial charge on any atom is -0.392 e. The quantitative estimate of drug-likeness (QED) is 0.408. The number of ether oxygens (including phenoxy) is 1. The molecule has 1 heterocycles. The van der Waals surface area contributed by atoms with Gasteiger partial charge in [0.2, 0.25) is 0 Å². The number of esters is 2. The van der Waals surface area contributed by atoms with Crippen LogP contribution in [-0.2, 0) is 14.3 Å². The van der Waals surface area contributed by atoms with Gasteiger partial charge < -0.3 is 4.74 Å². The third-order valence-electron chi connectivity index (χ3n) is 3.29. The van der Waals surface area contributed by atoms with E-state index in [2.05, 4.69) is 0 Å². The number of cyclic esters (lactones) is 2. The lowest BCUT2D eigenvalue weighted by molar-refractivity contribution is -0.153. The van der Waals surface area contributed by atoms with Crippen molar-refractivity contribution in [2.45, 2.75) is 34.1 Å². The lowest BCUT2D eigenvalue weighted by Gasteiger charge is -2.19. The monoisotopic (exact) mass is 210 g/mol. The average molecular weight is 210 g/mol. The highest BCUT2D eigenvalue weighted by atomic mass is 16.6. The number of carbonyl (C=O) groups excluding carboxylic acids is 2. The van der Waals surface area contributed by atoms with Crippen molar-refractivity contribution in [3.05, 3.63) is 11.6 Å². The molecule has 0 amide bonds. The van der Waals surface area contributed by atoms with Crippen LogP contribution in [0.2, 0.25) is 0 Å². The van der Waals surface area contributed by atoms with Gasteiger partial charge in [0.25, 0.3) is 0 Å². The topological polar surface area (TPSA) is 43.4 Å². The molecule has 3 heteroatoms. The van der Waals surface area contributed by atoms with E-state index in [1.54, 1.807) is 0 Å². The van der Waals surface area contributed by atoms with Crippen molar-refractivity contribution in [1.29, 1.82) is 0 Å². The van der Waals surface area contributed by atoms with E-state index in [1.807, 2.05) is 33.8 Å². The summed E-state index contributed by atoms with van der Waals surface area (Å²) in [7, 11) is 0. The molecule has 3 atom stereocenters. The Morgan fingerprint density at radius 1 is 1.47 bits per heavy atom. The molecule has 3 nitrogen and oxygen atoms in total. The molecule has 1 aliphatic heterocycles. The van der Waals surface area contributed by atoms with Crippen molar-refractivity contribution < 1.29 is 14.3 Å². The predicted molar refractivity (Wildman–Crippen MR) is 57.0 cm³/mol. The Hall–Kier alpha value is -1.12. The van der Waals surface area contributed by atoms with Gasteiger partial charge in [-0.3, -0.25) is 9.59 Å². The summed E-state index contributed by atoms with van der Waals surface area (Å²) < 4.78 is 4.71. The van der Waals surface area contributed by atoms with Crippen LogP contribution in [0.15, 0.2) is 11.6 Å². The van der Waals surface area contributed by atoms with E-state index in [9.17, 15) is 9.59 Å². The fourth-order valence-corrected chi connectivity index (χ4v) is 1.98. The normalized spacial score (nSPS) is 29.2. The maximum absolute atomic E-state index is 11.5. The van der Waals surface area contributed by atoms with Crippen molar-refractivity contribution in [3.8, 4) is 0 Å². The summed E-state index contributed by atoms with van der Waals surface area (Å²) in [6.45, 7) is 7.75. The Bertz CT molecular complexity index is 304. The summed E-state index contributed by atoms with van der Waals surface area (Å²) in [6.07, 6.45) is 2.75. The fraction of sp³-hybridized carbons (Fsp3) is 0.667. The molecule has 0 N–H and O–H groups in total. The van der Waals surface area contributed by atoms with Gasteiger partial charge in [0.1, 0.15) is 0 Å². The first-order valence-corrected chi connectivity index (χ1v) is 5.41. The highest BCUT2D eigenvalue weighted by Crippen LogP contribution is 2.36. The van der Waals surface area contributed by atoms with Gasteiger partial charge in [-0.05, 0) is 19.8 Å². The molecule has 15 heavy (non-hydrogen) atoms. The Morgan fingerprint density at radius 3 is 2.53 bits per heavy atom. The van der Waals surface area contributed by atoms with Gasteiger partial charge in [-0.2, -0.15) is 0 Å². The molecular weight excluding hydrogens is 192 g/mol. The molecule has 0 saturated carbocycles. The zero-order valence-electron chi connectivity index (χ0n) is 9.74. The molecule has 0 spiro atoms. The third-order valence-corrected chi connectivity index (χ3v) is 3.29. The Kier molecular flexibility index (Phi) is 3.66. The van der Waals surface area contributed by atoms with Gasteiger partial charge in [0.15, 0.2) is 0 Å². The summed E-state index contributed by atoms with van der Waals surface area (Å²) >= 11 is 0. The Morgan fingerprint density at radius 2 is 2.07 bits per heavy atom. The highest BCUT2D eigenvalue weighted by molar-refractivity contribution is 5.98. The van der Waals surface area contributed by atoms with Crippen molar-refractivity contribution >= 4 is 11.9 Å². The number of hydrogen-bond donors (Lipinski definition) is 0. The zero-order valence-corrected chi connectivity index (χ0v) is 9.74. The summed E-state index contributed by atoms with van der Waals surface area (Å²) in [5, 5.41) is 0. The van der Waals surface area contributed by atoms with E-state index in [0.717, 1.165) is 12.0 Å². The van der Waals surface area contributed by atoms with Gasteiger partial charge in [0.05, 0.1) is 11.8 Å². The molecule has 0 aromatic rings. The van der Waals surface area contributed by atoms with Crippen LogP contribution >= 0.6 is 0 Å². The SMILES string of the molecule is C/C=C(/C)C1C(=O)OC(=O)C1C(C)CC. The van der Waals surface area contributed by atoms with Gasteiger partial charge in [-0.1, -0.05) is 31.9 Å². The summed E-state index contributed by atoms with van der Waals surface area (Å²) in [5.74, 6) is -1.22. The molecule has 1 aliphatic rings. The van der Waals surface area contributed by atoms with E-state index >= 15 is 0 Å². The lowest BCUT2D eigenvalue weighted by atomic mass is 9.79. The summed E-state index contributed by atoms with van der Waals surface area (Å²) in [4.78, 5) is 23.1.